The average molecular weight is 231 g/mol. The first-order chi connectivity index (χ1) is 8.36. The minimum absolute atomic E-state index is 0.384. The summed E-state index contributed by atoms with van der Waals surface area (Å²) < 4.78 is 0. The number of hydrogen-bond acceptors (Lipinski definition) is 2. The first-order valence-electron chi connectivity index (χ1n) is 6.53. The fourth-order valence-electron chi connectivity index (χ4n) is 2.23. The Hall–Kier alpha value is -1.28. The van der Waals surface area contributed by atoms with Crippen LogP contribution in [0.3, 0.4) is 0 Å². The van der Waals surface area contributed by atoms with Gasteiger partial charge >= 0.3 is 0 Å². The van der Waals surface area contributed by atoms with Gasteiger partial charge in [0.2, 0.25) is 0 Å². The molecule has 0 aromatic heterocycles. The predicted octanol–water partition coefficient (Wildman–Crippen LogP) is 3.37. The zero-order valence-corrected chi connectivity index (χ0v) is 10.2. The van der Waals surface area contributed by atoms with Gasteiger partial charge in [0, 0.05) is 18.2 Å². The number of benzene rings is 1. The van der Waals surface area contributed by atoms with Gasteiger partial charge in [-0.15, -0.1) is 0 Å². The zero-order chi connectivity index (χ0) is 11.9. The third kappa shape index (κ3) is 3.90. The SMILES string of the molecule is Oc1ccccc1CNC1/C=C/CCCCC1. The Morgan fingerprint density at radius 2 is 2.06 bits per heavy atom. The number of para-hydroxylation sites is 1. The van der Waals surface area contributed by atoms with E-state index < -0.39 is 0 Å². The highest BCUT2D eigenvalue weighted by atomic mass is 16.3. The summed E-state index contributed by atoms with van der Waals surface area (Å²) in [6.07, 6.45) is 10.9. The second-order valence-electron chi connectivity index (χ2n) is 4.68. The largest absolute Gasteiger partial charge is 0.508 e. The van der Waals surface area contributed by atoms with Crippen LogP contribution in [0.4, 0.5) is 0 Å². The molecule has 0 amide bonds. The van der Waals surface area contributed by atoms with Gasteiger partial charge in [0.25, 0.3) is 0 Å². The van der Waals surface area contributed by atoms with Crippen molar-refractivity contribution in [2.45, 2.75) is 44.7 Å². The summed E-state index contributed by atoms with van der Waals surface area (Å²) in [6, 6.07) is 7.98. The smallest absolute Gasteiger partial charge is 0.120 e. The molecule has 0 fully saturated rings. The molecule has 1 aliphatic rings. The maximum atomic E-state index is 9.68. The number of phenols is 1. The third-order valence-electron chi connectivity index (χ3n) is 3.30. The Kier molecular flexibility index (Phi) is 4.63. The molecule has 1 unspecified atom stereocenters. The van der Waals surface area contributed by atoms with Crippen LogP contribution in [0.5, 0.6) is 5.75 Å². The molecule has 0 bridgehead atoms. The molecule has 2 rings (SSSR count). The summed E-state index contributed by atoms with van der Waals surface area (Å²) in [7, 11) is 0. The van der Waals surface area contributed by atoms with Crippen molar-refractivity contribution in [1.82, 2.24) is 5.32 Å². The van der Waals surface area contributed by atoms with Crippen LogP contribution in [-0.4, -0.2) is 11.1 Å². The van der Waals surface area contributed by atoms with Crippen LogP contribution >= 0.6 is 0 Å². The Morgan fingerprint density at radius 3 is 2.94 bits per heavy atom. The highest BCUT2D eigenvalue weighted by molar-refractivity contribution is 5.31. The molecule has 0 spiro atoms. The van der Waals surface area contributed by atoms with E-state index in [0.717, 1.165) is 12.1 Å². The average Bonchev–Trinajstić information content (AvgIpc) is 2.29. The van der Waals surface area contributed by atoms with E-state index in [-0.39, 0.29) is 0 Å². The summed E-state index contributed by atoms with van der Waals surface area (Å²) in [4.78, 5) is 0. The highest BCUT2D eigenvalue weighted by Crippen LogP contribution is 2.16. The molecular weight excluding hydrogens is 210 g/mol. The number of nitrogens with one attached hydrogen (secondary N) is 1. The molecule has 0 aliphatic heterocycles. The molecule has 1 aliphatic carbocycles. The van der Waals surface area contributed by atoms with Gasteiger partial charge in [0.05, 0.1) is 0 Å². The van der Waals surface area contributed by atoms with Crippen molar-refractivity contribution in [2.75, 3.05) is 0 Å². The van der Waals surface area contributed by atoms with Gasteiger partial charge in [0.15, 0.2) is 0 Å². The summed E-state index contributed by atoms with van der Waals surface area (Å²) >= 11 is 0. The lowest BCUT2D eigenvalue weighted by molar-refractivity contribution is 0.456. The molecule has 2 N–H and O–H groups in total. The lowest BCUT2D eigenvalue weighted by Gasteiger charge is -2.17. The van der Waals surface area contributed by atoms with Gasteiger partial charge in [0.1, 0.15) is 5.75 Å². The topological polar surface area (TPSA) is 32.3 Å². The first-order valence-corrected chi connectivity index (χ1v) is 6.53. The maximum absolute atomic E-state index is 9.68. The van der Waals surface area contributed by atoms with Crippen LogP contribution in [0, 0.1) is 0 Å². The summed E-state index contributed by atoms with van der Waals surface area (Å²) in [5.41, 5.74) is 0.975. The number of phenolic OH excluding ortho intramolecular Hbond substituents is 1. The lowest BCUT2D eigenvalue weighted by atomic mass is 10.0. The highest BCUT2D eigenvalue weighted by Gasteiger charge is 2.07. The van der Waals surface area contributed by atoms with Gasteiger partial charge in [-0.3, -0.25) is 0 Å². The zero-order valence-electron chi connectivity index (χ0n) is 10.2. The summed E-state index contributed by atoms with van der Waals surface area (Å²) in [5.74, 6) is 0.384. The van der Waals surface area contributed by atoms with Crippen molar-refractivity contribution in [3.8, 4) is 5.75 Å². The molecule has 0 radical (unpaired) electrons. The van der Waals surface area contributed by atoms with Crippen molar-refractivity contribution in [1.29, 1.82) is 0 Å². The van der Waals surface area contributed by atoms with Crippen molar-refractivity contribution in [3.05, 3.63) is 42.0 Å². The third-order valence-corrected chi connectivity index (χ3v) is 3.30. The van der Waals surface area contributed by atoms with E-state index in [1.54, 1.807) is 6.07 Å². The number of allylic oxidation sites excluding steroid dienone is 1. The van der Waals surface area contributed by atoms with E-state index in [9.17, 15) is 5.11 Å². The molecule has 2 nitrogen and oxygen atoms in total. The van der Waals surface area contributed by atoms with E-state index in [2.05, 4.69) is 17.5 Å². The van der Waals surface area contributed by atoms with E-state index in [1.807, 2.05) is 18.2 Å². The lowest BCUT2D eigenvalue weighted by Crippen LogP contribution is -2.27. The fourth-order valence-corrected chi connectivity index (χ4v) is 2.23. The number of rotatable bonds is 3. The van der Waals surface area contributed by atoms with E-state index in [0.29, 0.717) is 11.8 Å². The standard InChI is InChI=1S/C15H21NO/c17-15-11-7-6-8-13(15)12-16-14-9-4-2-1-3-5-10-14/h4,6-9,11,14,16-17H,1-3,5,10,12H2/b9-4+. The maximum Gasteiger partial charge on any atom is 0.120 e. The van der Waals surface area contributed by atoms with E-state index in [1.165, 1.54) is 32.1 Å². The van der Waals surface area contributed by atoms with Gasteiger partial charge < -0.3 is 10.4 Å². The van der Waals surface area contributed by atoms with E-state index >= 15 is 0 Å². The molecule has 0 heterocycles. The molecule has 2 heteroatoms. The van der Waals surface area contributed by atoms with Crippen molar-refractivity contribution < 1.29 is 5.11 Å². The van der Waals surface area contributed by atoms with Crippen LogP contribution in [-0.2, 0) is 6.54 Å². The Labute approximate surface area is 103 Å². The van der Waals surface area contributed by atoms with Gasteiger partial charge in [-0.2, -0.15) is 0 Å². The molecule has 92 valence electrons. The molecule has 1 aromatic rings. The van der Waals surface area contributed by atoms with Crippen molar-refractivity contribution in [3.63, 3.8) is 0 Å². The molecule has 0 saturated carbocycles. The van der Waals surface area contributed by atoms with E-state index in [4.69, 9.17) is 0 Å². The second-order valence-corrected chi connectivity index (χ2v) is 4.68. The summed E-state index contributed by atoms with van der Waals surface area (Å²) in [5, 5.41) is 13.2. The molecule has 1 aromatic carbocycles. The molecular formula is C15H21NO. The monoisotopic (exact) mass is 231 g/mol. The van der Waals surface area contributed by atoms with Crippen LogP contribution in [0.2, 0.25) is 0 Å². The predicted molar refractivity (Wildman–Crippen MR) is 71.0 cm³/mol. The molecule has 17 heavy (non-hydrogen) atoms. The van der Waals surface area contributed by atoms with Gasteiger partial charge in [-0.1, -0.05) is 43.2 Å². The van der Waals surface area contributed by atoms with Crippen LogP contribution in [0.25, 0.3) is 0 Å². The number of hydrogen-bond donors (Lipinski definition) is 2. The quantitative estimate of drug-likeness (QED) is 0.782. The van der Waals surface area contributed by atoms with Crippen LogP contribution in [0.15, 0.2) is 36.4 Å². The fraction of sp³-hybridized carbons (Fsp3) is 0.467. The van der Waals surface area contributed by atoms with Gasteiger partial charge in [-0.25, -0.2) is 0 Å². The summed E-state index contributed by atoms with van der Waals surface area (Å²) in [6.45, 7) is 0.738. The molecule has 1 atom stereocenters. The first kappa shape index (κ1) is 12.2. The normalized spacial score (nSPS) is 22.7. The second kappa shape index (κ2) is 6.45. The Bertz CT molecular complexity index is 373. The Balaban J connectivity index is 1.88. The van der Waals surface area contributed by atoms with Gasteiger partial charge in [-0.05, 0) is 25.3 Å². The van der Waals surface area contributed by atoms with Crippen molar-refractivity contribution in [2.24, 2.45) is 0 Å². The van der Waals surface area contributed by atoms with Crippen molar-refractivity contribution >= 4 is 0 Å². The molecule has 0 saturated heterocycles. The minimum atomic E-state index is 0.384. The number of aromatic hydroxyl groups is 1. The van der Waals surface area contributed by atoms with Crippen LogP contribution in [0.1, 0.15) is 37.7 Å². The van der Waals surface area contributed by atoms with Crippen LogP contribution < -0.4 is 5.32 Å². The minimum Gasteiger partial charge on any atom is -0.508 e. The Morgan fingerprint density at radius 1 is 1.18 bits per heavy atom.